The minimum atomic E-state index is -0.141. The summed E-state index contributed by atoms with van der Waals surface area (Å²) >= 11 is 0. The Morgan fingerprint density at radius 3 is 3.27 bits per heavy atom. The molecule has 1 N–H and O–H groups in total. The highest BCUT2D eigenvalue weighted by atomic mass is 16.5. The normalized spacial score (nSPS) is 20.5. The van der Waals surface area contributed by atoms with Crippen molar-refractivity contribution in [1.29, 1.82) is 0 Å². The second-order valence-electron chi connectivity index (χ2n) is 3.71. The molecule has 0 aliphatic carbocycles. The molecule has 1 aliphatic heterocycles. The van der Waals surface area contributed by atoms with Crippen LogP contribution in [-0.2, 0) is 11.8 Å². The molecule has 1 amide bonds. The third-order valence-corrected chi connectivity index (χ3v) is 2.54. The Kier molecular flexibility index (Phi) is 3.01. The van der Waals surface area contributed by atoms with Crippen molar-refractivity contribution in [1.82, 2.24) is 14.9 Å². The molecule has 1 atom stereocenters. The highest BCUT2D eigenvalue weighted by Gasteiger charge is 2.17. The maximum Gasteiger partial charge on any atom is 0.287 e. The molecule has 82 valence electrons. The highest BCUT2D eigenvalue weighted by Crippen LogP contribution is 2.10. The van der Waals surface area contributed by atoms with E-state index in [1.54, 1.807) is 24.0 Å². The van der Waals surface area contributed by atoms with Crippen molar-refractivity contribution >= 4 is 5.91 Å². The van der Waals surface area contributed by atoms with Crippen molar-refractivity contribution in [2.24, 2.45) is 7.05 Å². The number of amides is 1. The van der Waals surface area contributed by atoms with E-state index >= 15 is 0 Å². The van der Waals surface area contributed by atoms with Gasteiger partial charge < -0.3 is 14.6 Å². The minimum Gasteiger partial charge on any atom is -0.376 e. The summed E-state index contributed by atoms with van der Waals surface area (Å²) in [7, 11) is 1.80. The third-order valence-electron chi connectivity index (χ3n) is 2.54. The smallest absolute Gasteiger partial charge is 0.287 e. The highest BCUT2D eigenvalue weighted by molar-refractivity contribution is 5.90. The monoisotopic (exact) mass is 209 g/mol. The number of hydrogen-bond donors (Lipinski definition) is 1. The van der Waals surface area contributed by atoms with E-state index in [4.69, 9.17) is 4.74 Å². The lowest BCUT2D eigenvalue weighted by Gasteiger charge is -2.10. The van der Waals surface area contributed by atoms with Crippen LogP contribution >= 0.6 is 0 Å². The van der Waals surface area contributed by atoms with Gasteiger partial charge in [-0.3, -0.25) is 4.79 Å². The number of imidazole rings is 1. The molecular formula is C10H15N3O2. The summed E-state index contributed by atoms with van der Waals surface area (Å²) in [5.41, 5.74) is 0. The first-order chi connectivity index (χ1) is 7.27. The zero-order valence-corrected chi connectivity index (χ0v) is 8.77. The molecule has 15 heavy (non-hydrogen) atoms. The number of rotatable bonds is 3. The number of aryl methyl sites for hydroxylation is 1. The zero-order chi connectivity index (χ0) is 10.7. The Balaban J connectivity index is 1.84. The average molecular weight is 209 g/mol. The summed E-state index contributed by atoms with van der Waals surface area (Å²) < 4.78 is 7.11. The first kappa shape index (κ1) is 10.2. The molecule has 1 saturated heterocycles. The van der Waals surface area contributed by atoms with Crippen LogP contribution in [0, 0.1) is 0 Å². The van der Waals surface area contributed by atoms with Crippen LogP contribution in [0.5, 0.6) is 0 Å². The molecule has 1 aromatic heterocycles. The van der Waals surface area contributed by atoms with E-state index in [9.17, 15) is 4.79 Å². The summed E-state index contributed by atoms with van der Waals surface area (Å²) in [6.45, 7) is 1.38. The largest absolute Gasteiger partial charge is 0.376 e. The van der Waals surface area contributed by atoms with Gasteiger partial charge in [-0.25, -0.2) is 4.98 Å². The van der Waals surface area contributed by atoms with Gasteiger partial charge in [-0.05, 0) is 12.8 Å². The van der Waals surface area contributed by atoms with Gasteiger partial charge in [0, 0.05) is 32.6 Å². The predicted octanol–water partition coefficient (Wildman–Crippen LogP) is 0.329. The topological polar surface area (TPSA) is 56.2 Å². The average Bonchev–Trinajstić information content (AvgIpc) is 2.84. The van der Waals surface area contributed by atoms with Crippen molar-refractivity contribution in [3.05, 3.63) is 18.2 Å². The first-order valence-electron chi connectivity index (χ1n) is 5.14. The van der Waals surface area contributed by atoms with Crippen molar-refractivity contribution < 1.29 is 9.53 Å². The number of nitrogens with zero attached hydrogens (tertiary/aromatic N) is 2. The van der Waals surface area contributed by atoms with Crippen LogP contribution in [0.3, 0.4) is 0 Å². The fraction of sp³-hybridized carbons (Fsp3) is 0.600. The van der Waals surface area contributed by atoms with Crippen molar-refractivity contribution in [3.8, 4) is 0 Å². The Morgan fingerprint density at radius 1 is 1.80 bits per heavy atom. The molecule has 0 spiro atoms. The number of ether oxygens (including phenoxy) is 1. The second kappa shape index (κ2) is 4.44. The Morgan fingerprint density at radius 2 is 2.67 bits per heavy atom. The minimum absolute atomic E-state index is 0.141. The number of carbonyl (C=O) groups is 1. The summed E-state index contributed by atoms with van der Waals surface area (Å²) in [4.78, 5) is 15.6. The van der Waals surface area contributed by atoms with Gasteiger partial charge in [0.2, 0.25) is 0 Å². The lowest BCUT2D eigenvalue weighted by atomic mass is 10.2. The second-order valence-corrected chi connectivity index (χ2v) is 3.71. The van der Waals surface area contributed by atoms with Gasteiger partial charge in [0.15, 0.2) is 5.82 Å². The van der Waals surface area contributed by atoms with E-state index in [1.165, 1.54) is 0 Å². The fourth-order valence-corrected chi connectivity index (χ4v) is 1.68. The lowest BCUT2D eigenvalue weighted by Crippen LogP contribution is -2.33. The zero-order valence-electron chi connectivity index (χ0n) is 8.77. The van der Waals surface area contributed by atoms with Crippen molar-refractivity contribution in [2.45, 2.75) is 18.9 Å². The van der Waals surface area contributed by atoms with Crippen LogP contribution in [0.1, 0.15) is 23.5 Å². The van der Waals surface area contributed by atoms with E-state index < -0.39 is 0 Å². The number of aromatic nitrogens is 2. The Bertz CT molecular complexity index is 342. The van der Waals surface area contributed by atoms with Gasteiger partial charge in [-0.1, -0.05) is 0 Å². The Hall–Kier alpha value is -1.36. The van der Waals surface area contributed by atoms with Gasteiger partial charge in [-0.2, -0.15) is 0 Å². The van der Waals surface area contributed by atoms with Crippen LogP contribution in [0.4, 0.5) is 0 Å². The van der Waals surface area contributed by atoms with Gasteiger partial charge in [0.25, 0.3) is 5.91 Å². The molecule has 1 aromatic rings. The summed E-state index contributed by atoms with van der Waals surface area (Å²) in [5, 5.41) is 2.82. The maximum atomic E-state index is 11.6. The molecule has 0 radical (unpaired) electrons. The van der Waals surface area contributed by atoms with Crippen LogP contribution in [0.15, 0.2) is 12.4 Å². The Labute approximate surface area is 88.4 Å². The molecule has 1 unspecified atom stereocenters. The number of nitrogens with one attached hydrogen (secondary N) is 1. The molecule has 1 aliphatic rings. The van der Waals surface area contributed by atoms with Gasteiger partial charge in [0.1, 0.15) is 0 Å². The van der Waals surface area contributed by atoms with Crippen LogP contribution in [0.2, 0.25) is 0 Å². The molecule has 2 heterocycles. The van der Waals surface area contributed by atoms with Gasteiger partial charge in [-0.15, -0.1) is 0 Å². The van der Waals surface area contributed by atoms with Crippen LogP contribution in [0.25, 0.3) is 0 Å². The number of carbonyl (C=O) groups excluding carboxylic acids is 1. The lowest BCUT2D eigenvalue weighted by molar-refractivity contribution is 0.0846. The van der Waals surface area contributed by atoms with E-state index in [1.807, 2.05) is 0 Å². The molecule has 0 saturated carbocycles. The molecule has 1 fully saturated rings. The molecular weight excluding hydrogens is 194 g/mol. The van der Waals surface area contributed by atoms with Crippen LogP contribution < -0.4 is 5.32 Å². The van der Waals surface area contributed by atoms with Gasteiger partial charge >= 0.3 is 0 Å². The summed E-state index contributed by atoms with van der Waals surface area (Å²) in [5.74, 6) is 0.297. The molecule has 0 aromatic carbocycles. The van der Waals surface area contributed by atoms with E-state index in [0.717, 1.165) is 19.4 Å². The summed E-state index contributed by atoms with van der Waals surface area (Å²) in [6, 6.07) is 0. The van der Waals surface area contributed by atoms with E-state index in [2.05, 4.69) is 10.3 Å². The summed E-state index contributed by atoms with van der Waals surface area (Å²) in [6.07, 6.45) is 5.65. The molecule has 5 heteroatoms. The standard InChI is InChI=1S/C10H15N3O2/c1-13-5-4-11-9(13)10(14)12-7-8-3-2-6-15-8/h4-5,8H,2-3,6-7H2,1H3,(H,12,14). The van der Waals surface area contributed by atoms with Crippen molar-refractivity contribution in [2.75, 3.05) is 13.2 Å². The van der Waals surface area contributed by atoms with E-state index in [0.29, 0.717) is 12.4 Å². The van der Waals surface area contributed by atoms with Crippen LogP contribution in [-0.4, -0.2) is 34.7 Å². The fourth-order valence-electron chi connectivity index (χ4n) is 1.68. The van der Waals surface area contributed by atoms with Crippen molar-refractivity contribution in [3.63, 3.8) is 0 Å². The quantitative estimate of drug-likeness (QED) is 0.780. The molecule has 0 bridgehead atoms. The van der Waals surface area contributed by atoms with E-state index in [-0.39, 0.29) is 12.0 Å². The predicted molar refractivity (Wildman–Crippen MR) is 54.5 cm³/mol. The molecule has 2 rings (SSSR count). The maximum absolute atomic E-state index is 11.6. The first-order valence-corrected chi connectivity index (χ1v) is 5.14. The number of hydrogen-bond acceptors (Lipinski definition) is 3. The molecule has 5 nitrogen and oxygen atoms in total. The SMILES string of the molecule is Cn1ccnc1C(=O)NCC1CCCO1. The van der Waals surface area contributed by atoms with Gasteiger partial charge in [0.05, 0.1) is 6.10 Å². The third kappa shape index (κ3) is 2.36.